The normalized spacial score (nSPS) is 15.4. The topological polar surface area (TPSA) is 57.2 Å². The number of methoxy groups -OCH3 is 1. The zero-order chi connectivity index (χ0) is 20.7. The van der Waals surface area contributed by atoms with Crippen LogP contribution in [0.2, 0.25) is 0 Å². The number of amides is 1. The molecule has 29 heavy (non-hydrogen) atoms. The third kappa shape index (κ3) is 6.45. The smallest absolute Gasteiger partial charge is 0.230 e. The van der Waals surface area contributed by atoms with Gasteiger partial charge in [-0.2, -0.15) is 0 Å². The Bertz CT molecular complexity index is 706. The van der Waals surface area contributed by atoms with Gasteiger partial charge in [0.05, 0.1) is 19.1 Å². The van der Waals surface area contributed by atoms with Crippen molar-refractivity contribution < 1.29 is 13.9 Å². The fourth-order valence-corrected chi connectivity index (χ4v) is 3.82. The van der Waals surface area contributed by atoms with Gasteiger partial charge in [0, 0.05) is 34.2 Å². The van der Waals surface area contributed by atoms with Gasteiger partial charge in [0.15, 0.2) is 17.5 Å². The average molecular weight is 520 g/mol. The highest BCUT2D eigenvalue weighted by Crippen LogP contribution is 2.39. The molecule has 1 saturated carbocycles. The summed E-state index contributed by atoms with van der Waals surface area (Å²) in [5.41, 5.74) is 0.420. The van der Waals surface area contributed by atoms with Crippen LogP contribution in [0, 0.1) is 11.2 Å². The highest BCUT2D eigenvalue weighted by atomic mass is 127. The second-order valence-corrected chi connectivity index (χ2v) is 7.68. The molecule has 0 aromatic heterocycles. The number of hydrogen-bond acceptors (Lipinski definition) is 3. The molecule has 1 aliphatic carbocycles. The summed E-state index contributed by atoms with van der Waals surface area (Å²) in [6.07, 6.45) is 3.87. The van der Waals surface area contributed by atoms with E-state index in [1.165, 1.54) is 13.2 Å². The average Bonchev–Trinajstić information content (AvgIpc) is 3.14. The number of benzene rings is 1. The Hall–Kier alpha value is -1.58. The minimum absolute atomic E-state index is 0. The number of halogens is 2. The van der Waals surface area contributed by atoms with Crippen molar-refractivity contribution in [2.75, 3.05) is 41.3 Å². The summed E-state index contributed by atoms with van der Waals surface area (Å²) in [5.74, 6) is 0.732. The molecule has 0 heterocycles. The minimum atomic E-state index is -0.406. The summed E-state index contributed by atoms with van der Waals surface area (Å²) in [4.78, 5) is 21.2. The number of nitrogens with one attached hydrogen (secondary N) is 1. The van der Waals surface area contributed by atoms with E-state index in [9.17, 15) is 9.18 Å². The molecule has 1 aromatic carbocycles. The van der Waals surface area contributed by atoms with Crippen LogP contribution in [0.3, 0.4) is 0 Å². The van der Waals surface area contributed by atoms with Gasteiger partial charge < -0.3 is 19.9 Å². The molecule has 0 bridgehead atoms. The van der Waals surface area contributed by atoms with Gasteiger partial charge in [0.25, 0.3) is 0 Å². The summed E-state index contributed by atoms with van der Waals surface area (Å²) in [6.45, 7) is 3.69. The van der Waals surface area contributed by atoms with E-state index in [-0.39, 0.29) is 41.5 Å². The molecular formula is C21H34FIN4O2. The molecule has 0 spiro atoms. The first-order valence-electron chi connectivity index (χ1n) is 9.86. The van der Waals surface area contributed by atoms with Gasteiger partial charge in [-0.1, -0.05) is 18.9 Å². The van der Waals surface area contributed by atoms with Gasteiger partial charge in [-0.05, 0) is 37.5 Å². The van der Waals surface area contributed by atoms with Crippen molar-refractivity contribution in [2.45, 2.75) is 39.2 Å². The van der Waals surface area contributed by atoms with Crippen LogP contribution in [-0.4, -0.2) is 63.0 Å². The third-order valence-electron chi connectivity index (χ3n) is 5.28. The fourth-order valence-electron chi connectivity index (χ4n) is 3.82. The van der Waals surface area contributed by atoms with Gasteiger partial charge in [-0.3, -0.25) is 9.79 Å². The quantitative estimate of drug-likeness (QED) is 0.340. The summed E-state index contributed by atoms with van der Waals surface area (Å²) < 4.78 is 19.0. The second kappa shape index (κ2) is 11.6. The monoisotopic (exact) mass is 520 g/mol. The van der Waals surface area contributed by atoms with Gasteiger partial charge >= 0.3 is 0 Å². The van der Waals surface area contributed by atoms with E-state index < -0.39 is 5.41 Å². The van der Waals surface area contributed by atoms with Crippen LogP contribution in [0.5, 0.6) is 5.75 Å². The molecule has 1 aromatic rings. The van der Waals surface area contributed by atoms with E-state index in [0.717, 1.165) is 43.8 Å². The minimum Gasteiger partial charge on any atom is -0.494 e. The van der Waals surface area contributed by atoms with Crippen LogP contribution >= 0.6 is 24.0 Å². The molecular weight excluding hydrogens is 486 g/mol. The molecule has 2 rings (SSSR count). The predicted octanol–water partition coefficient (Wildman–Crippen LogP) is 3.50. The number of nitrogens with zero attached hydrogens (tertiary/aromatic N) is 3. The lowest BCUT2D eigenvalue weighted by molar-refractivity contribution is -0.138. The number of aliphatic imine (C=N–C) groups is 1. The van der Waals surface area contributed by atoms with E-state index in [4.69, 9.17) is 9.73 Å². The Morgan fingerprint density at radius 1 is 1.28 bits per heavy atom. The van der Waals surface area contributed by atoms with Crippen LogP contribution in [0.1, 0.15) is 38.2 Å². The first kappa shape index (κ1) is 25.5. The first-order valence-corrected chi connectivity index (χ1v) is 9.86. The van der Waals surface area contributed by atoms with E-state index in [1.54, 1.807) is 11.0 Å². The van der Waals surface area contributed by atoms with Gasteiger partial charge in [0.1, 0.15) is 0 Å². The van der Waals surface area contributed by atoms with Crippen LogP contribution in [0.25, 0.3) is 0 Å². The molecule has 0 saturated heterocycles. The molecule has 0 aliphatic heterocycles. The van der Waals surface area contributed by atoms with Crippen molar-refractivity contribution in [3.63, 3.8) is 0 Å². The number of carbonyl (C=O) groups is 1. The van der Waals surface area contributed by atoms with E-state index in [0.29, 0.717) is 13.1 Å². The van der Waals surface area contributed by atoms with Crippen LogP contribution in [0.15, 0.2) is 23.2 Å². The lowest BCUT2D eigenvalue weighted by atomic mass is 9.85. The molecule has 0 radical (unpaired) electrons. The summed E-state index contributed by atoms with van der Waals surface area (Å²) >= 11 is 0. The molecule has 164 valence electrons. The first-order chi connectivity index (χ1) is 13.3. The molecule has 0 atom stereocenters. The Kier molecular flexibility index (Phi) is 10.2. The van der Waals surface area contributed by atoms with Crippen LogP contribution < -0.4 is 10.1 Å². The van der Waals surface area contributed by atoms with Crippen LogP contribution in [-0.2, 0) is 11.3 Å². The zero-order valence-electron chi connectivity index (χ0n) is 18.1. The lowest BCUT2D eigenvalue weighted by Gasteiger charge is -2.30. The molecule has 1 fully saturated rings. The molecule has 1 N–H and O–H groups in total. The van der Waals surface area contributed by atoms with Crippen molar-refractivity contribution in [2.24, 2.45) is 10.4 Å². The van der Waals surface area contributed by atoms with Crippen molar-refractivity contribution in [1.29, 1.82) is 0 Å². The van der Waals surface area contributed by atoms with Crippen molar-refractivity contribution in [1.82, 2.24) is 15.1 Å². The van der Waals surface area contributed by atoms with Gasteiger partial charge in [0.2, 0.25) is 5.91 Å². The molecule has 1 amide bonds. The number of carbonyl (C=O) groups excluding carboxylic acids is 1. The number of hydrogen-bond donors (Lipinski definition) is 1. The number of rotatable bonds is 7. The summed E-state index contributed by atoms with van der Waals surface area (Å²) in [7, 11) is 6.98. The van der Waals surface area contributed by atoms with Crippen molar-refractivity contribution in [3.8, 4) is 5.75 Å². The Morgan fingerprint density at radius 3 is 2.45 bits per heavy atom. The zero-order valence-corrected chi connectivity index (χ0v) is 20.5. The molecule has 6 nitrogen and oxygen atoms in total. The predicted molar refractivity (Wildman–Crippen MR) is 125 cm³/mol. The van der Waals surface area contributed by atoms with Crippen LogP contribution in [0.4, 0.5) is 4.39 Å². The van der Waals surface area contributed by atoms with E-state index in [1.807, 2.05) is 39.0 Å². The standard InChI is InChI=1S/C21H33FN4O2.HI/c1-6-23-20(24-15-21(11-7-8-12-21)19(27)25(2)3)26(4)14-16-9-10-18(28-5)17(22)13-16;/h9-10,13H,6-8,11-12,14-15H2,1-5H3,(H,23,24);1H. The maximum absolute atomic E-state index is 14.0. The third-order valence-corrected chi connectivity index (χ3v) is 5.28. The summed E-state index contributed by atoms with van der Waals surface area (Å²) in [6, 6.07) is 4.95. The second-order valence-electron chi connectivity index (χ2n) is 7.68. The maximum Gasteiger partial charge on any atom is 0.230 e. The molecule has 1 aliphatic rings. The Balaban J connectivity index is 0.00000420. The molecule has 0 unspecified atom stereocenters. The van der Waals surface area contributed by atoms with Gasteiger partial charge in [-0.25, -0.2) is 4.39 Å². The van der Waals surface area contributed by atoms with E-state index >= 15 is 0 Å². The lowest BCUT2D eigenvalue weighted by Crippen LogP contribution is -2.43. The highest BCUT2D eigenvalue weighted by molar-refractivity contribution is 14.0. The number of guanidine groups is 1. The van der Waals surface area contributed by atoms with Gasteiger partial charge in [-0.15, -0.1) is 24.0 Å². The largest absolute Gasteiger partial charge is 0.494 e. The Labute approximate surface area is 190 Å². The highest BCUT2D eigenvalue weighted by Gasteiger charge is 2.42. The molecule has 8 heteroatoms. The van der Waals surface area contributed by atoms with Crippen molar-refractivity contribution in [3.05, 3.63) is 29.6 Å². The van der Waals surface area contributed by atoms with Crippen molar-refractivity contribution >= 4 is 35.8 Å². The van der Waals surface area contributed by atoms with E-state index in [2.05, 4.69) is 5.32 Å². The SMILES string of the molecule is CCNC(=NCC1(C(=O)N(C)C)CCCC1)N(C)Cc1ccc(OC)c(F)c1.I. The fraction of sp³-hybridized carbons (Fsp3) is 0.619. The maximum atomic E-state index is 14.0. The summed E-state index contributed by atoms with van der Waals surface area (Å²) in [5, 5.41) is 3.28. The number of ether oxygens (including phenoxy) is 1. The Morgan fingerprint density at radius 2 is 1.93 bits per heavy atom.